The first-order valence-electron chi connectivity index (χ1n) is 5.71. The van der Waals surface area contributed by atoms with E-state index in [2.05, 4.69) is 11.8 Å². The lowest BCUT2D eigenvalue weighted by molar-refractivity contribution is -0.149. The number of carbonyl (C=O) groups excluding carboxylic acids is 1. The van der Waals surface area contributed by atoms with E-state index in [0.29, 0.717) is 19.2 Å². The third-order valence-electron chi connectivity index (χ3n) is 2.74. The summed E-state index contributed by atoms with van der Waals surface area (Å²) < 4.78 is 4.96. The predicted molar refractivity (Wildman–Crippen MR) is 59.5 cm³/mol. The minimum absolute atomic E-state index is 0.302. The molecule has 4 heteroatoms. The molecule has 0 heterocycles. The second-order valence-corrected chi connectivity index (χ2v) is 4.43. The van der Waals surface area contributed by atoms with E-state index in [1.54, 1.807) is 13.8 Å². The topological polar surface area (TPSA) is 55.6 Å². The fourth-order valence-corrected chi connectivity index (χ4v) is 1.72. The second kappa shape index (κ2) is 4.94. The molecule has 1 fully saturated rings. The number of likely N-dealkylation sites (N-methyl/N-ethyl adjacent to an activating group) is 1. The van der Waals surface area contributed by atoms with E-state index in [9.17, 15) is 4.79 Å². The van der Waals surface area contributed by atoms with Gasteiger partial charge in [-0.2, -0.15) is 0 Å². The summed E-state index contributed by atoms with van der Waals surface area (Å²) in [6, 6.07) is 0.632. The van der Waals surface area contributed by atoms with Crippen LogP contribution in [-0.2, 0) is 9.53 Å². The van der Waals surface area contributed by atoms with E-state index in [1.165, 1.54) is 12.8 Å². The highest BCUT2D eigenvalue weighted by Gasteiger charge is 2.37. The van der Waals surface area contributed by atoms with Gasteiger partial charge < -0.3 is 10.5 Å². The first kappa shape index (κ1) is 12.5. The molecule has 2 N–H and O–H groups in total. The maximum Gasteiger partial charge on any atom is 0.327 e. The van der Waals surface area contributed by atoms with Crippen molar-refractivity contribution in [3.8, 4) is 0 Å². The first-order valence-corrected chi connectivity index (χ1v) is 5.71. The van der Waals surface area contributed by atoms with Gasteiger partial charge in [-0.25, -0.2) is 0 Å². The Kier molecular flexibility index (Phi) is 4.11. The van der Waals surface area contributed by atoms with Crippen LogP contribution >= 0.6 is 0 Å². The van der Waals surface area contributed by atoms with Crippen molar-refractivity contribution in [2.24, 2.45) is 5.73 Å². The maximum absolute atomic E-state index is 11.6. The summed E-state index contributed by atoms with van der Waals surface area (Å²) in [5, 5.41) is 0. The molecule has 1 atom stereocenters. The van der Waals surface area contributed by atoms with Crippen LogP contribution in [0.4, 0.5) is 0 Å². The molecule has 0 spiro atoms. The van der Waals surface area contributed by atoms with Crippen molar-refractivity contribution in [2.75, 3.05) is 19.7 Å². The van der Waals surface area contributed by atoms with Gasteiger partial charge in [0.1, 0.15) is 5.54 Å². The molecule has 1 unspecified atom stereocenters. The van der Waals surface area contributed by atoms with Crippen LogP contribution < -0.4 is 5.73 Å². The Morgan fingerprint density at radius 2 is 2.13 bits per heavy atom. The molecule has 0 aromatic carbocycles. The van der Waals surface area contributed by atoms with E-state index >= 15 is 0 Å². The molecule has 4 nitrogen and oxygen atoms in total. The van der Waals surface area contributed by atoms with Gasteiger partial charge in [0.15, 0.2) is 0 Å². The first-order chi connectivity index (χ1) is 7.01. The van der Waals surface area contributed by atoms with E-state index in [1.807, 2.05) is 0 Å². The monoisotopic (exact) mass is 214 g/mol. The van der Waals surface area contributed by atoms with Gasteiger partial charge in [0.05, 0.1) is 6.61 Å². The van der Waals surface area contributed by atoms with Gasteiger partial charge >= 0.3 is 5.97 Å². The molecule has 1 aliphatic carbocycles. The summed E-state index contributed by atoms with van der Waals surface area (Å²) in [4.78, 5) is 13.8. The Morgan fingerprint density at radius 1 is 1.53 bits per heavy atom. The lowest BCUT2D eigenvalue weighted by Crippen LogP contribution is -2.55. The molecular weight excluding hydrogens is 192 g/mol. The molecule has 15 heavy (non-hydrogen) atoms. The lowest BCUT2D eigenvalue weighted by Gasteiger charge is -2.29. The molecule has 0 saturated heterocycles. The predicted octanol–water partition coefficient (Wildman–Crippen LogP) is 0.751. The normalized spacial score (nSPS) is 20.1. The number of ether oxygens (including phenoxy) is 1. The standard InChI is InChI=1S/C11H22N2O2/c1-4-13(9-6-7-9)8-11(3,12)10(14)15-5-2/h9H,4-8,12H2,1-3H3. The fraction of sp³-hybridized carbons (Fsp3) is 0.909. The van der Waals surface area contributed by atoms with Gasteiger partial charge in [-0.05, 0) is 33.2 Å². The van der Waals surface area contributed by atoms with Crippen LogP contribution in [0.1, 0.15) is 33.6 Å². The van der Waals surface area contributed by atoms with Crippen LogP contribution in [0.25, 0.3) is 0 Å². The fourth-order valence-electron chi connectivity index (χ4n) is 1.72. The molecule has 1 aliphatic rings. The SMILES string of the molecule is CCOC(=O)C(C)(N)CN(CC)C1CC1. The van der Waals surface area contributed by atoms with Crippen molar-refractivity contribution in [2.45, 2.75) is 45.2 Å². The number of nitrogens with zero attached hydrogens (tertiary/aromatic N) is 1. The van der Waals surface area contributed by atoms with E-state index in [-0.39, 0.29) is 5.97 Å². The van der Waals surface area contributed by atoms with Gasteiger partial charge in [0.2, 0.25) is 0 Å². The lowest BCUT2D eigenvalue weighted by atomic mass is 10.0. The number of hydrogen-bond acceptors (Lipinski definition) is 4. The average Bonchev–Trinajstić information content (AvgIpc) is 2.98. The number of nitrogens with two attached hydrogens (primary N) is 1. The highest BCUT2D eigenvalue weighted by Crippen LogP contribution is 2.27. The van der Waals surface area contributed by atoms with Crippen LogP contribution in [0, 0.1) is 0 Å². The van der Waals surface area contributed by atoms with Crippen LogP contribution in [0.15, 0.2) is 0 Å². The highest BCUT2D eigenvalue weighted by atomic mass is 16.5. The molecule has 88 valence electrons. The summed E-state index contributed by atoms with van der Waals surface area (Å²) in [6.45, 7) is 7.56. The zero-order valence-corrected chi connectivity index (χ0v) is 9.95. The van der Waals surface area contributed by atoms with Gasteiger partial charge in [-0.3, -0.25) is 9.69 Å². The quantitative estimate of drug-likeness (QED) is 0.663. The Bertz CT molecular complexity index is 225. The zero-order chi connectivity index (χ0) is 11.5. The Labute approximate surface area is 91.8 Å². The van der Waals surface area contributed by atoms with Gasteiger partial charge in [0.25, 0.3) is 0 Å². The van der Waals surface area contributed by atoms with Crippen molar-refractivity contribution in [3.05, 3.63) is 0 Å². The molecule has 0 amide bonds. The van der Waals surface area contributed by atoms with Gasteiger partial charge in [0, 0.05) is 12.6 Å². The summed E-state index contributed by atoms with van der Waals surface area (Å²) >= 11 is 0. The smallest absolute Gasteiger partial charge is 0.327 e. The second-order valence-electron chi connectivity index (χ2n) is 4.43. The van der Waals surface area contributed by atoms with Crippen LogP contribution in [-0.4, -0.2) is 42.1 Å². The summed E-state index contributed by atoms with van der Waals surface area (Å²) in [7, 11) is 0. The largest absolute Gasteiger partial charge is 0.465 e. The molecule has 0 aliphatic heterocycles. The van der Waals surface area contributed by atoms with Crippen molar-refractivity contribution >= 4 is 5.97 Å². The maximum atomic E-state index is 11.6. The third kappa shape index (κ3) is 3.47. The Hall–Kier alpha value is -0.610. The minimum Gasteiger partial charge on any atom is -0.465 e. The molecule has 0 aromatic rings. The molecule has 1 saturated carbocycles. The highest BCUT2D eigenvalue weighted by molar-refractivity contribution is 5.80. The van der Waals surface area contributed by atoms with E-state index in [0.717, 1.165) is 6.54 Å². The Morgan fingerprint density at radius 3 is 2.53 bits per heavy atom. The minimum atomic E-state index is -0.880. The van der Waals surface area contributed by atoms with Crippen molar-refractivity contribution < 1.29 is 9.53 Å². The van der Waals surface area contributed by atoms with Gasteiger partial charge in [-0.1, -0.05) is 6.92 Å². The van der Waals surface area contributed by atoms with Crippen molar-refractivity contribution in [3.63, 3.8) is 0 Å². The molecule has 0 radical (unpaired) electrons. The van der Waals surface area contributed by atoms with E-state index in [4.69, 9.17) is 10.5 Å². The van der Waals surface area contributed by atoms with Crippen molar-refractivity contribution in [1.29, 1.82) is 0 Å². The van der Waals surface area contributed by atoms with Crippen LogP contribution in [0.5, 0.6) is 0 Å². The summed E-state index contributed by atoms with van der Waals surface area (Å²) in [6.07, 6.45) is 2.46. The zero-order valence-electron chi connectivity index (χ0n) is 9.95. The van der Waals surface area contributed by atoms with Gasteiger partial charge in [-0.15, -0.1) is 0 Å². The van der Waals surface area contributed by atoms with Crippen LogP contribution in [0.2, 0.25) is 0 Å². The number of esters is 1. The number of hydrogen-bond donors (Lipinski definition) is 1. The third-order valence-corrected chi connectivity index (χ3v) is 2.74. The molecular formula is C11H22N2O2. The van der Waals surface area contributed by atoms with Crippen molar-refractivity contribution in [1.82, 2.24) is 4.90 Å². The summed E-state index contributed by atoms with van der Waals surface area (Å²) in [5.41, 5.74) is 5.09. The molecule has 0 bridgehead atoms. The molecule has 1 rings (SSSR count). The molecule has 0 aromatic heterocycles. The van der Waals surface area contributed by atoms with E-state index < -0.39 is 5.54 Å². The number of carbonyl (C=O) groups is 1. The number of rotatable bonds is 6. The van der Waals surface area contributed by atoms with Crippen LogP contribution in [0.3, 0.4) is 0 Å². The Balaban J connectivity index is 2.48. The summed E-state index contributed by atoms with van der Waals surface area (Å²) in [5.74, 6) is -0.302. The average molecular weight is 214 g/mol.